The number of hydrogen-bond acceptors (Lipinski definition) is 2. The lowest BCUT2D eigenvalue weighted by molar-refractivity contribution is -0.0687. The van der Waals surface area contributed by atoms with E-state index in [0.717, 1.165) is 6.42 Å². The first-order chi connectivity index (χ1) is 8.77. The molecule has 0 aromatic rings. The van der Waals surface area contributed by atoms with Gasteiger partial charge in [0.25, 0.3) is 0 Å². The molecule has 2 nitrogen and oxygen atoms in total. The summed E-state index contributed by atoms with van der Waals surface area (Å²) in [7, 11) is 1.84. The highest BCUT2D eigenvalue weighted by molar-refractivity contribution is 5.01. The lowest BCUT2D eigenvalue weighted by Crippen LogP contribution is -2.42. The molecule has 1 saturated heterocycles. The molecule has 1 fully saturated rings. The van der Waals surface area contributed by atoms with E-state index in [0.29, 0.717) is 5.92 Å². The third kappa shape index (κ3) is 4.21. The minimum atomic E-state index is 0.108. The van der Waals surface area contributed by atoms with E-state index < -0.39 is 0 Å². The Kier molecular flexibility index (Phi) is 5.04. The summed E-state index contributed by atoms with van der Waals surface area (Å²) in [5.41, 5.74) is 0.576. The van der Waals surface area contributed by atoms with Crippen molar-refractivity contribution in [1.82, 2.24) is 0 Å². The van der Waals surface area contributed by atoms with Gasteiger partial charge in [0.2, 0.25) is 0 Å². The fourth-order valence-electron chi connectivity index (χ4n) is 3.55. The van der Waals surface area contributed by atoms with Crippen LogP contribution in [0.1, 0.15) is 68.7 Å². The van der Waals surface area contributed by atoms with Crippen LogP contribution in [0, 0.1) is 22.2 Å². The standard InChI is InChI=1S/C18H36O2/c1-16(2,3)11-12-13(17(4,5)6)14(19-10)15(20-12)18(7,8)9/h12-15H,11H2,1-10H3/t12-,13+,14?,15-/m1/s1. The molecule has 1 heterocycles. The summed E-state index contributed by atoms with van der Waals surface area (Å²) in [6.45, 7) is 20.6. The maximum Gasteiger partial charge on any atom is 0.0896 e. The van der Waals surface area contributed by atoms with E-state index >= 15 is 0 Å². The Morgan fingerprint density at radius 3 is 1.65 bits per heavy atom. The Morgan fingerprint density at radius 1 is 0.850 bits per heavy atom. The smallest absolute Gasteiger partial charge is 0.0896 e. The van der Waals surface area contributed by atoms with Crippen LogP contribution in [0.15, 0.2) is 0 Å². The molecule has 1 aliphatic heterocycles. The maximum absolute atomic E-state index is 6.52. The molecular formula is C18H36O2. The van der Waals surface area contributed by atoms with Crippen molar-refractivity contribution in [3.05, 3.63) is 0 Å². The molecule has 20 heavy (non-hydrogen) atoms. The van der Waals surface area contributed by atoms with Gasteiger partial charge in [-0.25, -0.2) is 0 Å². The van der Waals surface area contributed by atoms with Crippen LogP contribution in [-0.4, -0.2) is 25.4 Å². The average Bonchev–Trinajstić information content (AvgIpc) is 2.52. The maximum atomic E-state index is 6.52. The summed E-state index contributed by atoms with van der Waals surface area (Å²) in [6.07, 6.45) is 1.72. The first-order valence-corrected chi connectivity index (χ1v) is 7.95. The lowest BCUT2D eigenvalue weighted by atomic mass is 9.69. The molecule has 1 rings (SSSR count). The van der Waals surface area contributed by atoms with Crippen molar-refractivity contribution < 1.29 is 9.47 Å². The monoisotopic (exact) mass is 284 g/mol. The van der Waals surface area contributed by atoms with Gasteiger partial charge in [-0.3, -0.25) is 0 Å². The first-order valence-electron chi connectivity index (χ1n) is 7.95. The molecule has 1 unspecified atom stereocenters. The second-order valence-electron chi connectivity index (χ2n) is 9.82. The highest BCUT2D eigenvalue weighted by Gasteiger charge is 2.53. The van der Waals surface area contributed by atoms with Crippen molar-refractivity contribution >= 4 is 0 Å². The van der Waals surface area contributed by atoms with Crippen molar-refractivity contribution in [3.63, 3.8) is 0 Å². The SMILES string of the molecule is COC1[C@H](C(C)(C)C)O[C@H](CC(C)(C)C)[C@@H]1C(C)(C)C. The first kappa shape index (κ1) is 18.0. The van der Waals surface area contributed by atoms with Gasteiger partial charge in [-0.2, -0.15) is 0 Å². The molecule has 0 saturated carbocycles. The van der Waals surface area contributed by atoms with E-state index in [4.69, 9.17) is 9.47 Å². The summed E-state index contributed by atoms with van der Waals surface area (Å²) in [5, 5.41) is 0. The molecule has 0 aromatic carbocycles. The molecule has 120 valence electrons. The minimum absolute atomic E-state index is 0.108. The van der Waals surface area contributed by atoms with E-state index in [1.807, 2.05) is 7.11 Å². The summed E-state index contributed by atoms with van der Waals surface area (Å²) < 4.78 is 12.4. The van der Waals surface area contributed by atoms with Crippen molar-refractivity contribution in [2.45, 2.75) is 87.0 Å². The van der Waals surface area contributed by atoms with Crippen LogP contribution in [0.3, 0.4) is 0 Å². The van der Waals surface area contributed by atoms with Gasteiger partial charge in [-0.15, -0.1) is 0 Å². The zero-order valence-corrected chi connectivity index (χ0v) is 15.3. The normalized spacial score (nSPS) is 32.7. The Hall–Kier alpha value is -0.0800. The predicted molar refractivity (Wildman–Crippen MR) is 85.9 cm³/mol. The molecule has 0 aliphatic carbocycles. The third-order valence-corrected chi connectivity index (χ3v) is 4.31. The quantitative estimate of drug-likeness (QED) is 0.717. The van der Waals surface area contributed by atoms with E-state index in [2.05, 4.69) is 62.3 Å². The average molecular weight is 284 g/mol. The summed E-state index contributed by atoms with van der Waals surface area (Å²) in [6, 6.07) is 0. The van der Waals surface area contributed by atoms with Gasteiger partial charge in [0, 0.05) is 13.0 Å². The van der Waals surface area contributed by atoms with Crippen molar-refractivity contribution in [2.24, 2.45) is 22.2 Å². The van der Waals surface area contributed by atoms with Crippen molar-refractivity contribution in [3.8, 4) is 0 Å². The van der Waals surface area contributed by atoms with E-state index in [1.54, 1.807) is 0 Å². The second kappa shape index (κ2) is 5.61. The van der Waals surface area contributed by atoms with Gasteiger partial charge in [0.05, 0.1) is 18.3 Å². The van der Waals surface area contributed by atoms with Gasteiger partial charge in [0.15, 0.2) is 0 Å². The van der Waals surface area contributed by atoms with Crippen LogP contribution in [0.2, 0.25) is 0 Å². The summed E-state index contributed by atoms with van der Waals surface area (Å²) in [5.74, 6) is 0.441. The zero-order valence-electron chi connectivity index (χ0n) is 15.3. The molecule has 0 radical (unpaired) electrons. The molecule has 0 bridgehead atoms. The van der Waals surface area contributed by atoms with Crippen molar-refractivity contribution in [1.29, 1.82) is 0 Å². The molecule has 4 atom stereocenters. The van der Waals surface area contributed by atoms with E-state index in [9.17, 15) is 0 Å². The molecule has 0 amide bonds. The van der Waals surface area contributed by atoms with Crippen LogP contribution in [0.5, 0.6) is 0 Å². The Morgan fingerprint density at radius 2 is 1.35 bits per heavy atom. The number of rotatable bonds is 2. The van der Waals surface area contributed by atoms with Gasteiger partial charge in [-0.05, 0) is 22.7 Å². The van der Waals surface area contributed by atoms with Gasteiger partial charge in [-0.1, -0.05) is 62.3 Å². The highest BCUT2D eigenvalue weighted by atomic mass is 16.6. The molecule has 2 heteroatoms. The number of hydrogen-bond donors (Lipinski definition) is 0. The molecule has 0 aromatic heterocycles. The van der Waals surface area contributed by atoms with E-state index in [1.165, 1.54) is 0 Å². The highest BCUT2D eigenvalue weighted by Crippen LogP contribution is 2.48. The zero-order chi connectivity index (χ0) is 15.9. The number of methoxy groups -OCH3 is 1. The Balaban J connectivity index is 3.10. The fourth-order valence-corrected chi connectivity index (χ4v) is 3.55. The second-order valence-corrected chi connectivity index (χ2v) is 9.82. The molecule has 0 N–H and O–H groups in total. The van der Waals surface area contributed by atoms with E-state index in [-0.39, 0.29) is 34.6 Å². The van der Waals surface area contributed by atoms with Gasteiger partial charge in [0.1, 0.15) is 0 Å². The largest absolute Gasteiger partial charge is 0.378 e. The number of ether oxygens (including phenoxy) is 2. The van der Waals surface area contributed by atoms with Crippen molar-refractivity contribution in [2.75, 3.05) is 7.11 Å². The topological polar surface area (TPSA) is 18.5 Å². The fraction of sp³-hybridized carbons (Fsp3) is 1.00. The van der Waals surface area contributed by atoms with Gasteiger partial charge >= 0.3 is 0 Å². The van der Waals surface area contributed by atoms with Crippen LogP contribution >= 0.6 is 0 Å². The lowest BCUT2D eigenvalue weighted by Gasteiger charge is -2.37. The third-order valence-electron chi connectivity index (χ3n) is 4.31. The predicted octanol–water partition coefficient (Wildman–Crippen LogP) is 4.91. The Labute approximate surface area is 126 Å². The van der Waals surface area contributed by atoms with Gasteiger partial charge < -0.3 is 9.47 Å². The summed E-state index contributed by atoms with van der Waals surface area (Å²) >= 11 is 0. The minimum Gasteiger partial charge on any atom is -0.378 e. The van der Waals surface area contributed by atoms with Crippen LogP contribution in [0.25, 0.3) is 0 Å². The molecule has 0 spiro atoms. The molecular weight excluding hydrogens is 248 g/mol. The van der Waals surface area contributed by atoms with Crippen LogP contribution in [0.4, 0.5) is 0 Å². The Bertz CT molecular complexity index is 314. The van der Waals surface area contributed by atoms with Crippen LogP contribution < -0.4 is 0 Å². The van der Waals surface area contributed by atoms with Crippen LogP contribution in [-0.2, 0) is 9.47 Å². The summed E-state index contributed by atoms with van der Waals surface area (Å²) in [4.78, 5) is 0. The molecule has 1 aliphatic rings.